The maximum absolute atomic E-state index is 13.2. The number of fused-ring (bicyclic) bond motifs is 1. The molecule has 2 aromatic carbocycles. The molecule has 0 spiro atoms. The number of rotatable bonds is 2. The monoisotopic (exact) mass is 402 g/mol. The fourth-order valence-electron chi connectivity index (χ4n) is 3.03. The van der Waals surface area contributed by atoms with Gasteiger partial charge in [-0.1, -0.05) is 28.8 Å². The number of amides is 2. The Bertz CT molecular complexity index is 930. The van der Waals surface area contributed by atoms with Gasteiger partial charge in [0.1, 0.15) is 0 Å². The van der Waals surface area contributed by atoms with Gasteiger partial charge in [0, 0.05) is 5.56 Å². The van der Waals surface area contributed by atoms with Gasteiger partial charge in [0.25, 0.3) is 11.8 Å². The van der Waals surface area contributed by atoms with Gasteiger partial charge in [0.15, 0.2) is 11.5 Å². The molecule has 0 atom stereocenters. The van der Waals surface area contributed by atoms with Crippen LogP contribution in [-0.4, -0.2) is 29.2 Å². The quantitative estimate of drug-likeness (QED) is 0.761. The van der Waals surface area contributed by atoms with Crippen LogP contribution >= 0.6 is 11.6 Å². The van der Waals surface area contributed by atoms with Crippen molar-refractivity contribution in [3.05, 3.63) is 57.6 Å². The fourth-order valence-corrected chi connectivity index (χ4v) is 3.32. The van der Waals surface area contributed by atoms with Gasteiger partial charge >= 0.3 is 0 Å². The molecule has 0 bridgehead atoms. The average molecular weight is 403 g/mol. The number of nitrogens with one attached hydrogen (secondary N) is 1. The lowest BCUT2D eigenvalue weighted by Gasteiger charge is -2.35. The number of carbonyl (C=O) groups is 2. The van der Waals surface area contributed by atoms with E-state index < -0.39 is 11.4 Å². The van der Waals surface area contributed by atoms with E-state index >= 15 is 0 Å². The third-order valence-corrected chi connectivity index (χ3v) is 4.65. The summed E-state index contributed by atoms with van der Waals surface area (Å²) in [6.45, 7) is 9.44. The number of aryl methyl sites for hydroxylation is 2. The second-order valence-corrected chi connectivity index (χ2v) is 8.17. The summed E-state index contributed by atoms with van der Waals surface area (Å²) in [5.41, 5.74) is 4.70. The second kappa shape index (κ2) is 7.36. The summed E-state index contributed by atoms with van der Waals surface area (Å²) >= 11 is 6.32. The van der Waals surface area contributed by atoms with E-state index in [1.54, 1.807) is 24.3 Å². The van der Waals surface area contributed by atoms with Gasteiger partial charge in [-0.2, -0.15) is 0 Å². The first kappa shape index (κ1) is 20.0. The summed E-state index contributed by atoms with van der Waals surface area (Å²) < 4.78 is 10.6. The predicted molar refractivity (Wildman–Crippen MR) is 107 cm³/mol. The average Bonchev–Trinajstić information content (AvgIpc) is 3.07. The molecule has 2 aromatic rings. The normalized spacial score (nSPS) is 12.6. The van der Waals surface area contributed by atoms with Gasteiger partial charge in [0.2, 0.25) is 6.79 Å². The van der Waals surface area contributed by atoms with Crippen molar-refractivity contribution in [2.24, 2.45) is 0 Å². The fraction of sp³-hybridized carbons (Fsp3) is 0.333. The minimum absolute atomic E-state index is 0.0550. The number of ether oxygens (including phenoxy) is 2. The molecule has 2 amide bonds. The molecule has 7 heteroatoms. The van der Waals surface area contributed by atoms with Crippen LogP contribution in [0.25, 0.3) is 0 Å². The Morgan fingerprint density at radius 2 is 1.71 bits per heavy atom. The molecule has 3 rings (SSSR count). The van der Waals surface area contributed by atoms with Crippen LogP contribution in [0, 0.1) is 13.8 Å². The van der Waals surface area contributed by atoms with Crippen molar-refractivity contribution in [1.82, 2.24) is 10.4 Å². The molecule has 6 nitrogen and oxygen atoms in total. The van der Waals surface area contributed by atoms with Crippen molar-refractivity contribution in [3.63, 3.8) is 0 Å². The molecule has 0 fully saturated rings. The van der Waals surface area contributed by atoms with Gasteiger partial charge in [-0.25, -0.2) is 5.01 Å². The Labute approximate surface area is 169 Å². The Morgan fingerprint density at radius 1 is 1.07 bits per heavy atom. The molecule has 0 saturated heterocycles. The molecule has 1 aliphatic heterocycles. The SMILES string of the molecule is Cc1cc(C)cc(C(=O)N(NC(=O)c2ccc3c(c2Cl)OCO3)C(C)(C)C)c1. The van der Waals surface area contributed by atoms with E-state index in [1.807, 2.05) is 40.7 Å². The number of halogens is 1. The number of carbonyl (C=O) groups excluding carboxylic acids is 2. The minimum Gasteiger partial charge on any atom is -0.454 e. The summed E-state index contributed by atoms with van der Waals surface area (Å²) in [5.74, 6) is 0.0123. The number of benzene rings is 2. The molecular weight excluding hydrogens is 380 g/mol. The van der Waals surface area contributed by atoms with Crippen LogP contribution in [-0.2, 0) is 0 Å². The van der Waals surface area contributed by atoms with Crippen LogP contribution in [0.4, 0.5) is 0 Å². The highest BCUT2D eigenvalue weighted by Crippen LogP contribution is 2.40. The largest absolute Gasteiger partial charge is 0.454 e. The topological polar surface area (TPSA) is 67.9 Å². The molecular formula is C21H23ClN2O4. The molecule has 1 N–H and O–H groups in total. The van der Waals surface area contributed by atoms with E-state index in [0.29, 0.717) is 17.1 Å². The zero-order chi connectivity index (χ0) is 20.6. The number of hydrogen-bond acceptors (Lipinski definition) is 4. The number of hydrazine groups is 1. The third kappa shape index (κ3) is 3.92. The molecule has 0 aliphatic carbocycles. The van der Waals surface area contributed by atoms with Crippen LogP contribution in [0.5, 0.6) is 11.5 Å². The first-order valence-corrected chi connectivity index (χ1v) is 9.27. The zero-order valence-corrected chi connectivity index (χ0v) is 17.3. The Balaban J connectivity index is 1.91. The van der Waals surface area contributed by atoms with Gasteiger partial charge in [-0.15, -0.1) is 0 Å². The lowest BCUT2D eigenvalue weighted by Crippen LogP contribution is -2.56. The zero-order valence-electron chi connectivity index (χ0n) is 16.6. The summed E-state index contributed by atoms with van der Waals surface area (Å²) in [4.78, 5) is 26.1. The smallest absolute Gasteiger partial charge is 0.272 e. The Kier molecular flexibility index (Phi) is 5.26. The highest BCUT2D eigenvalue weighted by Gasteiger charge is 2.31. The van der Waals surface area contributed by atoms with E-state index in [-0.39, 0.29) is 23.3 Å². The van der Waals surface area contributed by atoms with E-state index in [4.69, 9.17) is 21.1 Å². The van der Waals surface area contributed by atoms with Crippen molar-refractivity contribution < 1.29 is 19.1 Å². The first-order valence-electron chi connectivity index (χ1n) is 8.90. The molecule has 1 heterocycles. The highest BCUT2D eigenvalue weighted by molar-refractivity contribution is 6.35. The van der Waals surface area contributed by atoms with Crippen molar-refractivity contribution in [1.29, 1.82) is 0 Å². The molecule has 0 radical (unpaired) electrons. The van der Waals surface area contributed by atoms with Gasteiger partial charge in [0.05, 0.1) is 16.1 Å². The van der Waals surface area contributed by atoms with Crippen LogP contribution in [0.2, 0.25) is 5.02 Å². The molecule has 28 heavy (non-hydrogen) atoms. The minimum atomic E-state index is -0.660. The summed E-state index contributed by atoms with van der Waals surface area (Å²) in [6, 6.07) is 8.76. The van der Waals surface area contributed by atoms with Crippen molar-refractivity contribution in [2.45, 2.75) is 40.2 Å². The maximum atomic E-state index is 13.2. The van der Waals surface area contributed by atoms with Gasteiger partial charge in [-0.3, -0.25) is 15.0 Å². The highest BCUT2D eigenvalue weighted by atomic mass is 35.5. The molecule has 1 aliphatic rings. The van der Waals surface area contributed by atoms with E-state index in [1.165, 1.54) is 5.01 Å². The number of nitrogens with zero attached hydrogens (tertiary/aromatic N) is 1. The van der Waals surface area contributed by atoms with E-state index in [0.717, 1.165) is 11.1 Å². The van der Waals surface area contributed by atoms with Gasteiger partial charge in [-0.05, 0) is 58.9 Å². The van der Waals surface area contributed by atoms with Crippen LogP contribution in [0.15, 0.2) is 30.3 Å². The van der Waals surface area contributed by atoms with E-state index in [2.05, 4.69) is 5.43 Å². The molecule has 0 unspecified atom stereocenters. The van der Waals surface area contributed by atoms with Crippen LogP contribution in [0.3, 0.4) is 0 Å². The standard InChI is InChI=1S/C21H23ClN2O4/c1-12-8-13(2)10-14(9-12)20(26)24(21(3,4)5)23-19(25)15-6-7-16-18(17(15)22)28-11-27-16/h6-10H,11H2,1-5H3,(H,23,25). The van der Waals surface area contributed by atoms with Crippen LogP contribution < -0.4 is 14.9 Å². The Hall–Kier alpha value is -2.73. The lowest BCUT2D eigenvalue weighted by atomic mass is 10.0. The van der Waals surface area contributed by atoms with Crippen LogP contribution in [0.1, 0.15) is 52.6 Å². The summed E-state index contributed by atoms with van der Waals surface area (Å²) in [6.07, 6.45) is 0. The molecule has 0 saturated carbocycles. The van der Waals surface area contributed by atoms with Crippen molar-refractivity contribution >= 4 is 23.4 Å². The number of hydrogen-bond donors (Lipinski definition) is 1. The maximum Gasteiger partial charge on any atom is 0.272 e. The molecule has 0 aromatic heterocycles. The van der Waals surface area contributed by atoms with E-state index in [9.17, 15) is 9.59 Å². The summed E-state index contributed by atoms with van der Waals surface area (Å²) in [7, 11) is 0. The van der Waals surface area contributed by atoms with Crippen molar-refractivity contribution in [2.75, 3.05) is 6.79 Å². The summed E-state index contributed by atoms with van der Waals surface area (Å²) in [5, 5.41) is 1.48. The van der Waals surface area contributed by atoms with Gasteiger partial charge < -0.3 is 9.47 Å². The molecule has 148 valence electrons. The lowest BCUT2D eigenvalue weighted by molar-refractivity contribution is 0.0358. The Morgan fingerprint density at radius 3 is 2.32 bits per heavy atom. The third-order valence-electron chi connectivity index (χ3n) is 4.28. The first-order chi connectivity index (χ1) is 13.1. The predicted octanol–water partition coefficient (Wildman–Crippen LogP) is 4.27. The van der Waals surface area contributed by atoms with Crippen molar-refractivity contribution in [3.8, 4) is 11.5 Å². The second-order valence-electron chi connectivity index (χ2n) is 7.79.